The quantitative estimate of drug-likeness (QED) is 0.0195. The minimum atomic E-state index is -1.64. The van der Waals surface area contributed by atoms with Crippen molar-refractivity contribution >= 4 is 11.9 Å². The van der Waals surface area contributed by atoms with E-state index in [-0.39, 0.29) is 19.4 Å². The van der Waals surface area contributed by atoms with Crippen molar-refractivity contribution in [2.45, 2.75) is 314 Å². The van der Waals surface area contributed by atoms with Crippen LogP contribution in [0.5, 0.6) is 0 Å². The van der Waals surface area contributed by atoms with Crippen LogP contribution < -0.4 is 5.32 Å². The van der Waals surface area contributed by atoms with Crippen LogP contribution >= 0.6 is 0 Å². The topological polar surface area (TPSA) is 175 Å². The lowest BCUT2D eigenvalue weighted by molar-refractivity contribution is -0.305. The maximum atomic E-state index is 13.4. The lowest BCUT2D eigenvalue weighted by Crippen LogP contribution is -2.61. The van der Waals surface area contributed by atoms with Crippen molar-refractivity contribution < 1.29 is 49.3 Å². The summed E-state index contributed by atoms with van der Waals surface area (Å²) < 4.78 is 17.6. The van der Waals surface area contributed by atoms with E-state index in [1.807, 2.05) is 18.2 Å². The second-order valence-electron chi connectivity index (χ2n) is 21.8. The monoisotopic (exact) mass is 1100 g/mol. The first-order chi connectivity index (χ1) is 38.2. The summed E-state index contributed by atoms with van der Waals surface area (Å²) in [5, 5.41) is 57.0. The Morgan fingerprint density at radius 3 is 1.40 bits per heavy atom. The van der Waals surface area contributed by atoms with Gasteiger partial charge < -0.3 is 45.1 Å². The summed E-state index contributed by atoms with van der Waals surface area (Å²) in [5.74, 6) is -1.26. The average molecular weight is 1100 g/mol. The summed E-state index contributed by atoms with van der Waals surface area (Å²) in [6.45, 7) is 5.65. The second-order valence-corrected chi connectivity index (χ2v) is 21.8. The van der Waals surface area contributed by atoms with Gasteiger partial charge in [0.2, 0.25) is 5.91 Å². The molecule has 0 aromatic heterocycles. The lowest BCUT2D eigenvalue weighted by atomic mass is 9.99. The van der Waals surface area contributed by atoms with E-state index in [1.165, 1.54) is 141 Å². The Morgan fingerprint density at radius 1 is 0.513 bits per heavy atom. The van der Waals surface area contributed by atoms with Crippen molar-refractivity contribution in [3.05, 3.63) is 85.1 Å². The van der Waals surface area contributed by atoms with E-state index in [1.54, 1.807) is 6.08 Å². The molecule has 0 bridgehead atoms. The van der Waals surface area contributed by atoms with Gasteiger partial charge >= 0.3 is 5.97 Å². The molecule has 1 aliphatic heterocycles. The van der Waals surface area contributed by atoms with E-state index in [9.17, 15) is 35.1 Å². The summed E-state index contributed by atoms with van der Waals surface area (Å²) in [5.41, 5.74) is 0. The van der Waals surface area contributed by atoms with Crippen LogP contribution in [0.2, 0.25) is 0 Å². The van der Waals surface area contributed by atoms with E-state index < -0.39 is 67.4 Å². The van der Waals surface area contributed by atoms with Crippen molar-refractivity contribution in [2.75, 3.05) is 13.2 Å². The van der Waals surface area contributed by atoms with Crippen molar-refractivity contribution in [1.29, 1.82) is 0 Å². The molecule has 1 fully saturated rings. The standard InChI is InChI=1S/C67H117NO10/c1-4-7-10-13-16-19-22-25-27-29-30-31-33-34-36-39-42-45-48-51-54-60(71)66(75)68-58(59(70)53-50-47-44-41-38-24-21-18-15-12-9-6-3)57-76-67-65(64(74)63(73)61(56-69)77-67)78-62(72)55-52-49-46-43-40-37-35-32-28-26-23-20-17-14-11-8-5-2/h8,11,17,20,25-28,35,37,43,46,50,53,58-61,63-65,67,69-71,73-74H,4-7,9-10,12-16,18-19,21-24,29-34,36,38-42,44-45,47-49,51-52,54-57H2,1-3H3,(H,68,75)/b11-8-,20-17-,27-25+,28-26-,37-35-,46-43-,53-50+. The minimum absolute atomic E-state index is 0.0424. The van der Waals surface area contributed by atoms with Gasteiger partial charge in [0, 0.05) is 6.42 Å². The highest BCUT2D eigenvalue weighted by molar-refractivity contribution is 5.80. The Bertz CT molecular complexity index is 1590. The number of carbonyl (C=O) groups is 2. The van der Waals surface area contributed by atoms with Gasteiger partial charge in [0.05, 0.1) is 25.4 Å². The first kappa shape index (κ1) is 72.9. The highest BCUT2D eigenvalue weighted by Crippen LogP contribution is 2.26. The van der Waals surface area contributed by atoms with Crippen molar-refractivity contribution in [3.8, 4) is 0 Å². The number of aliphatic hydroxyl groups is 5. The number of ether oxygens (including phenoxy) is 3. The zero-order chi connectivity index (χ0) is 56.8. The van der Waals surface area contributed by atoms with Crippen molar-refractivity contribution in [2.24, 2.45) is 0 Å². The Labute approximate surface area is 476 Å². The number of unbranched alkanes of at least 4 members (excludes halogenated alkanes) is 27. The lowest BCUT2D eigenvalue weighted by Gasteiger charge is -2.41. The fourth-order valence-electron chi connectivity index (χ4n) is 9.51. The SMILES string of the molecule is CC/C=C\C/C=C\C/C=C\C/C=C\C/C=C\CCCC(=O)OC1C(OCC(NC(=O)C(O)CCCCCCCCCCCC/C=C/CCCCCCCC)C(O)/C=C/CCCCCCCCCCCC)OC(CO)C(O)C1O. The molecule has 78 heavy (non-hydrogen) atoms. The number of nitrogens with one attached hydrogen (secondary N) is 1. The summed E-state index contributed by atoms with van der Waals surface area (Å²) in [6.07, 6.45) is 60.6. The number of rotatable bonds is 53. The number of carbonyl (C=O) groups excluding carboxylic acids is 2. The molecule has 1 rings (SSSR count). The smallest absolute Gasteiger partial charge is 0.306 e. The van der Waals surface area contributed by atoms with E-state index >= 15 is 0 Å². The molecular formula is C67H117NO10. The molecule has 0 aromatic carbocycles. The molecule has 11 nitrogen and oxygen atoms in total. The van der Waals surface area contributed by atoms with Gasteiger partial charge in [-0.2, -0.15) is 0 Å². The normalized spacial score (nSPS) is 19.5. The number of esters is 1. The largest absolute Gasteiger partial charge is 0.454 e. The average Bonchev–Trinajstić information content (AvgIpc) is 3.45. The number of hydrogen-bond donors (Lipinski definition) is 6. The number of hydrogen-bond acceptors (Lipinski definition) is 10. The molecule has 450 valence electrons. The third kappa shape index (κ3) is 41.8. The minimum Gasteiger partial charge on any atom is -0.454 e. The van der Waals surface area contributed by atoms with Crippen LogP contribution in [-0.4, -0.2) is 99.6 Å². The van der Waals surface area contributed by atoms with E-state index in [0.717, 1.165) is 70.6 Å². The summed E-state index contributed by atoms with van der Waals surface area (Å²) >= 11 is 0. The molecule has 0 radical (unpaired) electrons. The molecule has 8 unspecified atom stereocenters. The van der Waals surface area contributed by atoms with Gasteiger partial charge in [-0.15, -0.1) is 0 Å². The highest BCUT2D eigenvalue weighted by Gasteiger charge is 2.47. The van der Waals surface area contributed by atoms with Crippen LogP contribution in [-0.2, 0) is 23.8 Å². The zero-order valence-electron chi connectivity index (χ0n) is 49.8. The molecule has 6 N–H and O–H groups in total. The van der Waals surface area contributed by atoms with Gasteiger partial charge in [0.1, 0.15) is 24.4 Å². The Morgan fingerprint density at radius 2 is 0.923 bits per heavy atom. The van der Waals surface area contributed by atoms with Crippen LogP contribution in [0.15, 0.2) is 85.1 Å². The summed E-state index contributed by atoms with van der Waals surface area (Å²) in [4.78, 5) is 26.5. The van der Waals surface area contributed by atoms with E-state index in [4.69, 9.17) is 14.2 Å². The molecular weight excluding hydrogens is 979 g/mol. The summed E-state index contributed by atoms with van der Waals surface area (Å²) in [7, 11) is 0. The Hall–Kier alpha value is -3.16. The highest BCUT2D eigenvalue weighted by atomic mass is 16.7. The molecule has 1 saturated heterocycles. The van der Waals surface area contributed by atoms with Gasteiger partial charge in [0.15, 0.2) is 12.4 Å². The first-order valence-corrected chi connectivity index (χ1v) is 31.9. The second kappa shape index (κ2) is 54.4. The molecule has 1 aliphatic rings. The van der Waals surface area contributed by atoms with E-state index in [0.29, 0.717) is 19.3 Å². The van der Waals surface area contributed by atoms with Crippen LogP contribution in [0.25, 0.3) is 0 Å². The Balaban J connectivity index is 2.69. The molecule has 11 heteroatoms. The summed E-state index contributed by atoms with van der Waals surface area (Å²) in [6, 6.07) is -1.04. The van der Waals surface area contributed by atoms with Gasteiger partial charge in [-0.3, -0.25) is 9.59 Å². The molecule has 1 heterocycles. The molecule has 8 atom stereocenters. The van der Waals surface area contributed by atoms with Gasteiger partial charge in [-0.1, -0.05) is 254 Å². The van der Waals surface area contributed by atoms with Crippen LogP contribution in [0.1, 0.15) is 265 Å². The maximum Gasteiger partial charge on any atom is 0.306 e. The van der Waals surface area contributed by atoms with E-state index in [2.05, 4.69) is 86.8 Å². The maximum absolute atomic E-state index is 13.4. The molecule has 0 aliphatic carbocycles. The van der Waals surface area contributed by atoms with Gasteiger partial charge in [0.25, 0.3) is 0 Å². The third-order valence-electron chi connectivity index (χ3n) is 14.5. The van der Waals surface area contributed by atoms with Crippen LogP contribution in [0, 0.1) is 0 Å². The molecule has 1 amide bonds. The van der Waals surface area contributed by atoms with Crippen LogP contribution in [0.3, 0.4) is 0 Å². The molecule has 0 saturated carbocycles. The van der Waals surface area contributed by atoms with Gasteiger partial charge in [-0.05, 0) is 89.9 Å². The fourth-order valence-corrected chi connectivity index (χ4v) is 9.51. The number of allylic oxidation sites excluding steroid dienone is 13. The Kier molecular flexibility index (Phi) is 50.8. The van der Waals surface area contributed by atoms with Gasteiger partial charge in [-0.25, -0.2) is 0 Å². The third-order valence-corrected chi connectivity index (χ3v) is 14.5. The number of aliphatic hydroxyl groups excluding tert-OH is 5. The molecule has 0 aromatic rings. The van der Waals surface area contributed by atoms with Crippen molar-refractivity contribution in [3.63, 3.8) is 0 Å². The molecule has 0 spiro atoms. The predicted octanol–water partition coefficient (Wildman–Crippen LogP) is 15.3. The zero-order valence-corrected chi connectivity index (χ0v) is 49.8. The first-order valence-electron chi connectivity index (χ1n) is 31.9. The van der Waals surface area contributed by atoms with Crippen LogP contribution in [0.4, 0.5) is 0 Å². The fraction of sp³-hybridized carbons (Fsp3) is 0.761. The van der Waals surface area contributed by atoms with Crippen molar-refractivity contribution in [1.82, 2.24) is 5.32 Å². The number of amides is 1. The predicted molar refractivity (Wildman–Crippen MR) is 324 cm³/mol.